The zero-order valence-corrected chi connectivity index (χ0v) is 11.9. The molecule has 0 fully saturated rings. The molecule has 10 heteroatoms. The molecule has 2 aromatic rings. The maximum Gasteiger partial charge on any atom is 0.288 e. The zero-order chi connectivity index (χ0) is 15.6. The monoisotopic (exact) mass is 309 g/mol. The number of oxime groups is 1. The van der Waals surface area contributed by atoms with Crippen LogP contribution in [0.25, 0.3) is 0 Å². The molecule has 0 bridgehead atoms. The Hall–Kier alpha value is -2.62. The van der Waals surface area contributed by atoms with Gasteiger partial charge in [0.25, 0.3) is 10.9 Å². The van der Waals surface area contributed by atoms with E-state index >= 15 is 0 Å². The summed E-state index contributed by atoms with van der Waals surface area (Å²) in [4.78, 5) is 18.3. The van der Waals surface area contributed by atoms with Crippen LogP contribution in [0.3, 0.4) is 0 Å². The lowest BCUT2D eigenvalue weighted by molar-refractivity contribution is -0.385. The fourth-order valence-electron chi connectivity index (χ4n) is 1.43. The van der Waals surface area contributed by atoms with Crippen LogP contribution >= 0.6 is 11.8 Å². The first-order chi connectivity index (χ1) is 9.92. The van der Waals surface area contributed by atoms with E-state index in [0.29, 0.717) is 11.0 Å². The number of hydrogen-bond donors (Lipinski definition) is 2. The van der Waals surface area contributed by atoms with E-state index in [4.69, 9.17) is 15.4 Å². The molecule has 0 saturated carbocycles. The third-order valence-corrected chi connectivity index (χ3v) is 3.49. The number of aryl methyl sites for hydroxylation is 2. The summed E-state index contributed by atoms with van der Waals surface area (Å²) in [6.45, 7) is 3.55. The van der Waals surface area contributed by atoms with Crippen LogP contribution in [0.15, 0.2) is 32.1 Å². The fourth-order valence-corrected chi connectivity index (χ4v) is 2.32. The molecule has 3 N–H and O–H groups in total. The van der Waals surface area contributed by atoms with E-state index in [-0.39, 0.29) is 22.1 Å². The lowest BCUT2D eigenvalue weighted by Gasteiger charge is -2.04. The first kappa shape index (κ1) is 14.8. The predicted molar refractivity (Wildman–Crippen MR) is 73.5 cm³/mol. The first-order valence-corrected chi connectivity index (χ1v) is 6.48. The number of amidine groups is 1. The van der Waals surface area contributed by atoms with Crippen LogP contribution in [0.4, 0.5) is 5.69 Å². The average Bonchev–Trinajstić information content (AvgIpc) is 2.76. The molecule has 2 rings (SSSR count). The number of pyridine rings is 1. The molecule has 0 aromatic carbocycles. The molecule has 0 aliphatic rings. The van der Waals surface area contributed by atoms with Crippen LogP contribution in [-0.4, -0.2) is 25.9 Å². The zero-order valence-electron chi connectivity index (χ0n) is 11.1. The van der Waals surface area contributed by atoms with Crippen molar-refractivity contribution in [1.82, 2.24) is 9.97 Å². The Labute approximate surface area is 123 Å². The molecule has 21 heavy (non-hydrogen) atoms. The van der Waals surface area contributed by atoms with Crippen molar-refractivity contribution in [3.05, 3.63) is 39.4 Å². The van der Waals surface area contributed by atoms with Gasteiger partial charge in [0, 0.05) is 6.07 Å². The normalized spacial score (nSPS) is 11.6. The minimum absolute atomic E-state index is 0.130. The number of hydrogen-bond acceptors (Lipinski definition) is 8. The molecule has 0 aliphatic heterocycles. The Bertz CT molecular complexity index is 708. The number of rotatable bonds is 4. The molecule has 0 aliphatic carbocycles. The SMILES string of the molecule is Cc1nc(Sc2ncc([N+](=O)[O-])cc2C(N)=NO)oc1C. The average molecular weight is 309 g/mol. The van der Waals surface area contributed by atoms with Crippen molar-refractivity contribution in [2.45, 2.75) is 24.1 Å². The van der Waals surface area contributed by atoms with Crippen LogP contribution in [0, 0.1) is 24.0 Å². The molecule has 2 heterocycles. The van der Waals surface area contributed by atoms with Gasteiger partial charge in [0.1, 0.15) is 17.0 Å². The number of nitrogens with two attached hydrogens (primary N) is 1. The molecule has 0 unspecified atom stereocenters. The first-order valence-electron chi connectivity index (χ1n) is 5.66. The van der Waals surface area contributed by atoms with Gasteiger partial charge in [-0.1, -0.05) is 5.16 Å². The summed E-state index contributed by atoms with van der Waals surface area (Å²) in [7, 11) is 0. The van der Waals surface area contributed by atoms with Crippen LogP contribution in [0.1, 0.15) is 17.0 Å². The second kappa shape index (κ2) is 5.79. The summed E-state index contributed by atoms with van der Waals surface area (Å²) in [5.41, 5.74) is 6.12. The van der Waals surface area contributed by atoms with Gasteiger partial charge in [0.15, 0.2) is 5.84 Å². The molecule has 0 saturated heterocycles. The van der Waals surface area contributed by atoms with Crippen molar-refractivity contribution in [2.24, 2.45) is 10.9 Å². The Morgan fingerprint density at radius 3 is 2.81 bits per heavy atom. The predicted octanol–water partition coefficient (Wildman–Crippen LogP) is 1.84. The van der Waals surface area contributed by atoms with Crippen molar-refractivity contribution < 1.29 is 14.5 Å². The number of oxazole rings is 1. The number of nitrogens with zero attached hydrogens (tertiary/aromatic N) is 4. The second-order valence-corrected chi connectivity index (χ2v) is 4.95. The van der Waals surface area contributed by atoms with Gasteiger partial charge in [-0.2, -0.15) is 0 Å². The van der Waals surface area contributed by atoms with E-state index < -0.39 is 4.92 Å². The van der Waals surface area contributed by atoms with Gasteiger partial charge in [-0.05, 0) is 25.6 Å². The topological polar surface area (TPSA) is 141 Å². The summed E-state index contributed by atoms with van der Waals surface area (Å²) in [6.07, 6.45) is 1.08. The molecule has 110 valence electrons. The maximum atomic E-state index is 10.8. The highest BCUT2D eigenvalue weighted by atomic mass is 32.2. The lowest BCUT2D eigenvalue weighted by atomic mass is 10.2. The van der Waals surface area contributed by atoms with Crippen LogP contribution in [0.5, 0.6) is 0 Å². The van der Waals surface area contributed by atoms with E-state index in [0.717, 1.165) is 23.7 Å². The van der Waals surface area contributed by atoms with Crippen LogP contribution in [-0.2, 0) is 0 Å². The molecule has 0 spiro atoms. The third kappa shape index (κ3) is 3.11. The van der Waals surface area contributed by atoms with Crippen LogP contribution < -0.4 is 5.73 Å². The smallest absolute Gasteiger partial charge is 0.288 e. The van der Waals surface area contributed by atoms with Crippen molar-refractivity contribution in [3.8, 4) is 0 Å². The van der Waals surface area contributed by atoms with Gasteiger partial charge in [-0.25, -0.2) is 9.97 Å². The lowest BCUT2D eigenvalue weighted by Crippen LogP contribution is -2.15. The van der Waals surface area contributed by atoms with Gasteiger partial charge >= 0.3 is 0 Å². The summed E-state index contributed by atoms with van der Waals surface area (Å²) in [6, 6.07) is 1.17. The Morgan fingerprint density at radius 2 is 2.29 bits per heavy atom. The van der Waals surface area contributed by atoms with E-state index in [9.17, 15) is 10.1 Å². The van der Waals surface area contributed by atoms with Gasteiger partial charge in [-0.3, -0.25) is 10.1 Å². The minimum Gasteiger partial charge on any atom is -0.436 e. The van der Waals surface area contributed by atoms with Crippen LogP contribution in [0.2, 0.25) is 0 Å². The molecule has 9 nitrogen and oxygen atoms in total. The Morgan fingerprint density at radius 1 is 1.57 bits per heavy atom. The molecular weight excluding hydrogens is 298 g/mol. The molecule has 0 amide bonds. The largest absolute Gasteiger partial charge is 0.436 e. The summed E-state index contributed by atoms with van der Waals surface area (Å²) < 4.78 is 5.40. The summed E-state index contributed by atoms with van der Waals surface area (Å²) >= 11 is 1.03. The van der Waals surface area contributed by atoms with E-state index in [1.165, 1.54) is 6.07 Å². The Balaban J connectivity index is 2.44. The highest BCUT2D eigenvalue weighted by molar-refractivity contribution is 7.99. The third-order valence-electron chi connectivity index (χ3n) is 2.62. The maximum absolute atomic E-state index is 10.8. The number of nitro groups is 1. The van der Waals surface area contributed by atoms with Crippen molar-refractivity contribution >= 4 is 23.3 Å². The fraction of sp³-hybridized carbons (Fsp3) is 0.182. The van der Waals surface area contributed by atoms with Gasteiger partial charge in [-0.15, -0.1) is 0 Å². The van der Waals surface area contributed by atoms with Crippen molar-refractivity contribution in [2.75, 3.05) is 0 Å². The molecule has 0 radical (unpaired) electrons. The molecule has 0 atom stereocenters. The summed E-state index contributed by atoms with van der Waals surface area (Å²) in [5, 5.41) is 23.0. The van der Waals surface area contributed by atoms with Gasteiger partial charge in [0.05, 0.1) is 16.2 Å². The van der Waals surface area contributed by atoms with E-state index in [1.807, 2.05) is 0 Å². The summed E-state index contributed by atoms with van der Waals surface area (Å²) in [5.74, 6) is 0.374. The van der Waals surface area contributed by atoms with Gasteiger partial charge < -0.3 is 15.4 Å². The standard InChI is InChI=1S/C11H11N5O4S/c1-5-6(2)20-11(14-5)21-10-8(9(12)15-17)3-7(4-13-10)16(18)19/h3-4,17H,1-2H3,(H2,12,15). The Kier molecular flexibility index (Phi) is 4.08. The minimum atomic E-state index is -0.616. The highest BCUT2D eigenvalue weighted by Gasteiger charge is 2.18. The van der Waals surface area contributed by atoms with Crippen molar-refractivity contribution in [1.29, 1.82) is 0 Å². The van der Waals surface area contributed by atoms with Gasteiger partial charge in [0.2, 0.25) is 0 Å². The molecule has 2 aromatic heterocycles. The van der Waals surface area contributed by atoms with E-state index in [1.54, 1.807) is 13.8 Å². The quantitative estimate of drug-likeness (QED) is 0.286. The second-order valence-electron chi connectivity index (χ2n) is 4.01. The van der Waals surface area contributed by atoms with E-state index in [2.05, 4.69) is 15.1 Å². The highest BCUT2D eigenvalue weighted by Crippen LogP contribution is 2.30. The molecular formula is C11H11N5O4S. The van der Waals surface area contributed by atoms with Crippen molar-refractivity contribution in [3.63, 3.8) is 0 Å². The number of aromatic nitrogens is 2.